The molecule has 6 heteroatoms. The van der Waals surface area contributed by atoms with E-state index in [-0.39, 0.29) is 25.2 Å². The van der Waals surface area contributed by atoms with Crippen LogP contribution in [0.2, 0.25) is 0 Å². The third kappa shape index (κ3) is 18.0. The lowest BCUT2D eigenvalue weighted by atomic mass is 9.94. The molecule has 6 nitrogen and oxygen atoms in total. The molecule has 0 spiro atoms. The molecule has 3 atom stereocenters. The quantitative estimate of drug-likeness (QED) is 0.0876. The summed E-state index contributed by atoms with van der Waals surface area (Å²) in [5.41, 5.74) is 0. The smallest absolute Gasteiger partial charge is 0.305 e. The first-order valence-corrected chi connectivity index (χ1v) is 16.4. The fourth-order valence-corrected chi connectivity index (χ4v) is 5.25. The van der Waals surface area contributed by atoms with Gasteiger partial charge >= 0.3 is 11.9 Å². The Morgan fingerprint density at radius 1 is 0.667 bits per heavy atom. The largest absolute Gasteiger partial charge is 0.463 e. The number of carbonyl (C=O) groups is 2. The Labute approximate surface area is 240 Å². The van der Waals surface area contributed by atoms with Gasteiger partial charge in [0.25, 0.3) is 0 Å². The normalized spacial score (nSPS) is 19.4. The monoisotopic (exact) mass is 554 g/mol. The summed E-state index contributed by atoms with van der Waals surface area (Å²) in [5.74, 6) is 0.294. The predicted octanol–water partition coefficient (Wildman–Crippen LogP) is 8.93. The Kier molecular flexibility index (Phi) is 19.9. The Bertz CT molecular complexity index is 596. The van der Waals surface area contributed by atoms with Crippen molar-refractivity contribution >= 4 is 11.9 Å². The average Bonchev–Trinajstić information content (AvgIpc) is 3.21. The molecule has 1 heterocycles. The van der Waals surface area contributed by atoms with Crippen molar-refractivity contribution in [3.8, 4) is 0 Å². The first-order chi connectivity index (χ1) is 18.7. The zero-order chi connectivity index (χ0) is 28.9. The molecule has 1 saturated heterocycles. The molecular formula is C33H62O6. The van der Waals surface area contributed by atoms with E-state index in [2.05, 4.69) is 34.6 Å². The molecule has 0 saturated carbocycles. The molecule has 1 aliphatic rings. The fraction of sp³-hybridized carbons (Fsp3) is 0.939. The van der Waals surface area contributed by atoms with Crippen molar-refractivity contribution in [1.29, 1.82) is 0 Å². The third-order valence-electron chi connectivity index (χ3n) is 7.81. The second-order valence-corrected chi connectivity index (χ2v) is 12.5. The molecule has 0 aromatic heterocycles. The minimum atomic E-state index is -0.758. The van der Waals surface area contributed by atoms with Crippen LogP contribution in [0.3, 0.4) is 0 Å². The number of hydrogen-bond donors (Lipinski definition) is 0. The summed E-state index contributed by atoms with van der Waals surface area (Å²) in [7, 11) is 0. The fourth-order valence-electron chi connectivity index (χ4n) is 5.25. The van der Waals surface area contributed by atoms with Crippen LogP contribution in [0.1, 0.15) is 157 Å². The molecule has 0 radical (unpaired) electrons. The Hall–Kier alpha value is -1.14. The van der Waals surface area contributed by atoms with Crippen molar-refractivity contribution in [2.24, 2.45) is 11.8 Å². The maximum Gasteiger partial charge on any atom is 0.305 e. The van der Waals surface area contributed by atoms with Gasteiger partial charge in [-0.3, -0.25) is 9.59 Å². The topological polar surface area (TPSA) is 71.1 Å². The Morgan fingerprint density at radius 3 is 1.59 bits per heavy atom. The molecule has 1 unspecified atom stereocenters. The average molecular weight is 555 g/mol. The van der Waals surface area contributed by atoms with E-state index in [1.54, 1.807) is 0 Å². The zero-order valence-corrected chi connectivity index (χ0v) is 26.4. The van der Waals surface area contributed by atoms with E-state index < -0.39 is 18.0 Å². The highest BCUT2D eigenvalue weighted by atomic mass is 16.8. The van der Waals surface area contributed by atoms with Gasteiger partial charge in [-0.15, -0.1) is 0 Å². The first kappa shape index (κ1) is 35.9. The number of esters is 2. The van der Waals surface area contributed by atoms with Crippen LogP contribution in [-0.2, 0) is 28.5 Å². The maximum atomic E-state index is 12.3. The molecule has 0 bridgehead atoms. The van der Waals surface area contributed by atoms with Gasteiger partial charge in [0.05, 0.1) is 0 Å². The van der Waals surface area contributed by atoms with Crippen molar-refractivity contribution in [2.75, 3.05) is 13.2 Å². The molecule has 0 amide bonds. The highest BCUT2D eigenvalue weighted by Gasteiger charge is 2.45. The van der Waals surface area contributed by atoms with Gasteiger partial charge in [-0.1, -0.05) is 112 Å². The summed E-state index contributed by atoms with van der Waals surface area (Å²) in [4.78, 5) is 24.7. The van der Waals surface area contributed by atoms with Crippen molar-refractivity contribution in [1.82, 2.24) is 0 Å². The van der Waals surface area contributed by atoms with Crippen LogP contribution in [0.4, 0.5) is 0 Å². The minimum absolute atomic E-state index is 0.133. The van der Waals surface area contributed by atoms with Crippen LogP contribution >= 0.6 is 0 Å². The minimum Gasteiger partial charge on any atom is -0.463 e. The highest BCUT2D eigenvalue weighted by molar-refractivity contribution is 5.69. The standard InChI is InChI=1S/C33H62O6/c1-7-9-11-13-15-22-31(34)36-25-29-30(26-37-32(35)23-16-14-12-10-8-2)39-33(6,38-29)24-18-21-28(5)20-17-19-27(3)4/h27-30H,7-26H2,1-6H3/t28?,29-,30-/m0/s1. The van der Waals surface area contributed by atoms with Crippen LogP contribution in [0.15, 0.2) is 0 Å². The van der Waals surface area contributed by atoms with Gasteiger partial charge in [0.2, 0.25) is 0 Å². The van der Waals surface area contributed by atoms with Gasteiger partial charge in [0.15, 0.2) is 5.79 Å². The Morgan fingerprint density at radius 2 is 1.13 bits per heavy atom. The van der Waals surface area contributed by atoms with E-state index in [1.165, 1.54) is 44.9 Å². The van der Waals surface area contributed by atoms with E-state index in [4.69, 9.17) is 18.9 Å². The molecule has 0 N–H and O–H groups in total. The lowest BCUT2D eigenvalue weighted by Crippen LogP contribution is -2.33. The first-order valence-electron chi connectivity index (χ1n) is 16.4. The predicted molar refractivity (Wildman–Crippen MR) is 159 cm³/mol. The summed E-state index contributed by atoms with van der Waals surface area (Å²) < 4.78 is 23.8. The summed E-state index contributed by atoms with van der Waals surface area (Å²) in [6, 6.07) is 0. The molecule has 1 rings (SSSR count). The molecule has 0 aliphatic carbocycles. The second-order valence-electron chi connectivity index (χ2n) is 12.5. The van der Waals surface area contributed by atoms with Gasteiger partial charge in [0.1, 0.15) is 25.4 Å². The lowest BCUT2D eigenvalue weighted by molar-refractivity contribution is -0.177. The summed E-state index contributed by atoms with van der Waals surface area (Å²) in [5, 5.41) is 0. The molecule has 0 aromatic carbocycles. The number of hydrogen-bond acceptors (Lipinski definition) is 6. The van der Waals surface area contributed by atoms with Crippen molar-refractivity contribution in [2.45, 2.75) is 175 Å². The molecule has 230 valence electrons. The molecular weight excluding hydrogens is 492 g/mol. The van der Waals surface area contributed by atoms with Crippen LogP contribution < -0.4 is 0 Å². The van der Waals surface area contributed by atoms with Gasteiger partial charge in [-0.05, 0) is 38.0 Å². The van der Waals surface area contributed by atoms with E-state index >= 15 is 0 Å². The Balaban J connectivity index is 2.54. The van der Waals surface area contributed by atoms with E-state index in [1.807, 2.05) is 6.92 Å². The van der Waals surface area contributed by atoms with Crippen molar-refractivity contribution < 1.29 is 28.5 Å². The van der Waals surface area contributed by atoms with Crippen LogP contribution in [0.25, 0.3) is 0 Å². The van der Waals surface area contributed by atoms with E-state index in [0.717, 1.165) is 63.7 Å². The van der Waals surface area contributed by atoms with Crippen molar-refractivity contribution in [3.05, 3.63) is 0 Å². The van der Waals surface area contributed by atoms with Crippen LogP contribution in [0, 0.1) is 11.8 Å². The van der Waals surface area contributed by atoms with Crippen molar-refractivity contribution in [3.63, 3.8) is 0 Å². The summed E-state index contributed by atoms with van der Waals surface area (Å²) in [6.07, 6.45) is 17.6. The molecule has 1 aliphatic heterocycles. The lowest BCUT2D eigenvalue weighted by Gasteiger charge is -2.24. The highest BCUT2D eigenvalue weighted by Crippen LogP contribution is 2.34. The maximum absolute atomic E-state index is 12.3. The van der Waals surface area contributed by atoms with Crippen LogP contribution in [0.5, 0.6) is 0 Å². The SMILES string of the molecule is CCCCCCCC(=O)OC[C@@H]1OC(C)(CCCC(C)CCCC(C)C)O[C@H]1COC(=O)CCCCCCC. The van der Waals surface area contributed by atoms with Gasteiger partial charge < -0.3 is 18.9 Å². The third-order valence-corrected chi connectivity index (χ3v) is 7.81. The molecule has 1 fully saturated rings. The van der Waals surface area contributed by atoms with E-state index in [9.17, 15) is 9.59 Å². The number of unbranched alkanes of at least 4 members (excludes halogenated alkanes) is 8. The molecule has 39 heavy (non-hydrogen) atoms. The van der Waals surface area contributed by atoms with Gasteiger partial charge in [0, 0.05) is 19.3 Å². The second kappa shape index (κ2) is 21.6. The van der Waals surface area contributed by atoms with Crippen LogP contribution in [-0.4, -0.2) is 43.1 Å². The summed E-state index contributed by atoms with van der Waals surface area (Å²) in [6.45, 7) is 13.5. The number of ether oxygens (including phenoxy) is 4. The van der Waals surface area contributed by atoms with E-state index in [0.29, 0.717) is 18.8 Å². The number of rotatable bonds is 24. The summed E-state index contributed by atoms with van der Waals surface area (Å²) >= 11 is 0. The number of carbonyl (C=O) groups excluding carboxylic acids is 2. The zero-order valence-electron chi connectivity index (χ0n) is 26.4. The van der Waals surface area contributed by atoms with Gasteiger partial charge in [-0.2, -0.15) is 0 Å². The molecule has 0 aromatic rings. The van der Waals surface area contributed by atoms with Gasteiger partial charge in [-0.25, -0.2) is 0 Å².